The first kappa shape index (κ1) is 17.7. The molecule has 0 aliphatic rings. The minimum Gasteiger partial charge on any atom is -0.280 e. The Morgan fingerprint density at radius 3 is 2.09 bits per heavy atom. The lowest BCUT2D eigenvalue weighted by Crippen LogP contribution is -2.18. The topological polar surface area (TPSA) is 92.3 Å². The van der Waals surface area contributed by atoms with Crippen molar-refractivity contribution in [3.8, 4) is 0 Å². The third kappa shape index (κ3) is 3.99. The molecule has 0 saturated carbocycles. The van der Waals surface area contributed by atoms with Crippen LogP contribution in [0.15, 0.2) is 52.3 Å². The summed E-state index contributed by atoms with van der Waals surface area (Å²) in [6.45, 7) is 0. The Labute approximate surface area is 138 Å². The quantitative estimate of drug-likeness (QED) is 0.834. The van der Waals surface area contributed by atoms with Gasteiger partial charge in [0.2, 0.25) is 10.0 Å². The van der Waals surface area contributed by atoms with E-state index in [1.54, 1.807) is 0 Å². The van der Waals surface area contributed by atoms with Crippen molar-refractivity contribution in [1.82, 2.24) is 4.72 Å². The van der Waals surface area contributed by atoms with Crippen LogP contribution in [0.1, 0.15) is 0 Å². The maximum Gasteiger partial charge on any atom is 0.263 e. The summed E-state index contributed by atoms with van der Waals surface area (Å²) < 4.78 is 65.0. The normalized spacial score (nSPS) is 12.1. The van der Waals surface area contributed by atoms with E-state index in [1.165, 1.54) is 31.3 Å². The van der Waals surface area contributed by atoms with Crippen molar-refractivity contribution in [2.24, 2.45) is 0 Å². The van der Waals surface area contributed by atoms with E-state index in [0.29, 0.717) is 0 Å². The third-order valence-corrected chi connectivity index (χ3v) is 6.16. The van der Waals surface area contributed by atoms with E-state index in [1.807, 2.05) is 0 Å². The first-order chi connectivity index (χ1) is 10.7. The first-order valence-electron chi connectivity index (χ1n) is 6.17. The molecule has 0 aliphatic heterocycles. The molecular formula is C13H12ClFN2O4S2. The number of hydrogen-bond acceptors (Lipinski definition) is 4. The smallest absolute Gasteiger partial charge is 0.263 e. The fraction of sp³-hybridized carbons (Fsp3) is 0.0769. The molecule has 0 spiro atoms. The number of hydrogen-bond donors (Lipinski definition) is 2. The predicted octanol–water partition coefficient (Wildman–Crippen LogP) is 2.19. The third-order valence-electron chi connectivity index (χ3n) is 2.87. The van der Waals surface area contributed by atoms with Crippen molar-refractivity contribution in [3.63, 3.8) is 0 Å². The fourth-order valence-corrected chi connectivity index (χ4v) is 4.04. The molecule has 0 heterocycles. The molecule has 23 heavy (non-hydrogen) atoms. The number of halogens is 2. The number of nitrogens with one attached hydrogen (secondary N) is 2. The van der Waals surface area contributed by atoms with Gasteiger partial charge in [-0.2, -0.15) is 0 Å². The Balaban J connectivity index is 2.31. The number of anilines is 1. The lowest BCUT2D eigenvalue weighted by Gasteiger charge is -2.10. The summed E-state index contributed by atoms with van der Waals surface area (Å²) in [6.07, 6.45) is 0. The maximum atomic E-state index is 13.0. The van der Waals surface area contributed by atoms with Crippen molar-refractivity contribution < 1.29 is 21.2 Å². The Hall–Kier alpha value is -1.68. The molecule has 0 saturated heterocycles. The van der Waals surface area contributed by atoms with Crippen LogP contribution in [0.5, 0.6) is 0 Å². The van der Waals surface area contributed by atoms with Crippen LogP contribution in [-0.4, -0.2) is 23.9 Å². The van der Waals surface area contributed by atoms with E-state index in [0.717, 1.165) is 18.2 Å². The van der Waals surface area contributed by atoms with Gasteiger partial charge in [-0.3, -0.25) is 4.72 Å². The second kappa shape index (κ2) is 6.44. The van der Waals surface area contributed by atoms with Crippen molar-refractivity contribution in [2.75, 3.05) is 11.8 Å². The SMILES string of the molecule is CNS(=O)(=O)c1ccc(NS(=O)(=O)c2ccc(F)cc2Cl)cc1. The molecule has 0 fully saturated rings. The van der Waals surface area contributed by atoms with Gasteiger partial charge >= 0.3 is 0 Å². The summed E-state index contributed by atoms with van der Waals surface area (Å²) in [5.74, 6) is -0.657. The van der Waals surface area contributed by atoms with Crippen LogP contribution in [0.2, 0.25) is 5.02 Å². The zero-order valence-corrected chi connectivity index (χ0v) is 14.1. The van der Waals surface area contributed by atoms with E-state index in [4.69, 9.17) is 11.6 Å². The van der Waals surface area contributed by atoms with Gasteiger partial charge < -0.3 is 0 Å². The van der Waals surface area contributed by atoms with Gasteiger partial charge in [0.15, 0.2) is 0 Å². The van der Waals surface area contributed by atoms with Crippen LogP contribution in [0.3, 0.4) is 0 Å². The second-order valence-corrected chi connectivity index (χ2v) is 8.36. The van der Waals surface area contributed by atoms with E-state index in [-0.39, 0.29) is 20.5 Å². The molecule has 10 heteroatoms. The van der Waals surface area contributed by atoms with Gasteiger partial charge in [0.05, 0.1) is 9.92 Å². The van der Waals surface area contributed by atoms with Crippen molar-refractivity contribution in [2.45, 2.75) is 9.79 Å². The molecule has 2 rings (SSSR count). The molecule has 6 nitrogen and oxygen atoms in total. The van der Waals surface area contributed by atoms with E-state index in [2.05, 4.69) is 9.44 Å². The zero-order chi connectivity index (χ0) is 17.3. The highest BCUT2D eigenvalue weighted by Crippen LogP contribution is 2.25. The van der Waals surface area contributed by atoms with E-state index >= 15 is 0 Å². The maximum absolute atomic E-state index is 13.0. The van der Waals surface area contributed by atoms with Crippen molar-refractivity contribution in [3.05, 3.63) is 53.3 Å². The molecule has 2 N–H and O–H groups in total. The van der Waals surface area contributed by atoms with Crippen LogP contribution in [0, 0.1) is 5.82 Å². The lowest BCUT2D eigenvalue weighted by molar-refractivity contribution is 0.588. The van der Waals surface area contributed by atoms with Crippen LogP contribution in [0.25, 0.3) is 0 Å². The number of rotatable bonds is 5. The van der Waals surface area contributed by atoms with Gasteiger partial charge in [0.1, 0.15) is 10.7 Å². The summed E-state index contributed by atoms with van der Waals surface area (Å²) >= 11 is 5.74. The van der Waals surface area contributed by atoms with Gasteiger partial charge in [0.25, 0.3) is 10.0 Å². The monoisotopic (exact) mass is 378 g/mol. The van der Waals surface area contributed by atoms with Gasteiger partial charge in [0, 0.05) is 5.69 Å². The Kier molecular flexibility index (Phi) is 4.95. The van der Waals surface area contributed by atoms with Gasteiger partial charge in [-0.05, 0) is 49.5 Å². The Bertz CT molecular complexity index is 929. The molecule has 2 aromatic rings. The summed E-state index contributed by atoms with van der Waals surface area (Å²) in [6, 6.07) is 7.98. The molecule has 0 unspecified atom stereocenters. The highest BCUT2D eigenvalue weighted by Gasteiger charge is 2.19. The molecule has 0 aliphatic carbocycles. The average Bonchev–Trinajstić information content (AvgIpc) is 2.47. The summed E-state index contributed by atoms with van der Waals surface area (Å²) in [5.41, 5.74) is 0.139. The molecule has 0 aromatic heterocycles. The van der Waals surface area contributed by atoms with Gasteiger partial charge in [-0.25, -0.2) is 25.9 Å². The number of sulfonamides is 2. The molecule has 2 aromatic carbocycles. The molecule has 0 amide bonds. The second-order valence-electron chi connectivity index (χ2n) is 4.41. The van der Waals surface area contributed by atoms with Crippen LogP contribution in [-0.2, 0) is 20.0 Å². The van der Waals surface area contributed by atoms with E-state index < -0.39 is 25.9 Å². The van der Waals surface area contributed by atoms with E-state index in [9.17, 15) is 21.2 Å². The molecule has 0 atom stereocenters. The average molecular weight is 379 g/mol. The molecule has 0 radical (unpaired) electrons. The van der Waals surface area contributed by atoms with Crippen LogP contribution < -0.4 is 9.44 Å². The van der Waals surface area contributed by atoms with Gasteiger partial charge in [-0.1, -0.05) is 11.6 Å². The highest BCUT2D eigenvalue weighted by atomic mass is 35.5. The minimum absolute atomic E-state index is 0.0113. The molecular weight excluding hydrogens is 367 g/mol. The van der Waals surface area contributed by atoms with Crippen molar-refractivity contribution >= 4 is 37.3 Å². The van der Waals surface area contributed by atoms with Gasteiger partial charge in [-0.15, -0.1) is 0 Å². The lowest BCUT2D eigenvalue weighted by atomic mass is 10.3. The number of benzene rings is 2. The highest BCUT2D eigenvalue weighted by molar-refractivity contribution is 7.92. The first-order valence-corrected chi connectivity index (χ1v) is 9.51. The van der Waals surface area contributed by atoms with Crippen LogP contribution >= 0.6 is 11.6 Å². The largest absolute Gasteiger partial charge is 0.280 e. The summed E-state index contributed by atoms with van der Waals surface area (Å²) in [7, 11) is -6.37. The van der Waals surface area contributed by atoms with Crippen LogP contribution in [0.4, 0.5) is 10.1 Å². The van der Waals surface area contributed by atoms with Crippen molar-refractivity contribution in [1.29, 1.82) is 0 Å². The summed E-state index contributed by atoms with van der Waals surface area (Å²) in [4.78, 5) is -0.296. The summed E-state index contributed by atoms with van der Waals surface area (Å²) in [5, 5.41) is -0.258. The Morgan fingerprint density at radius 2 is 1.57 bits per heavy atom. The fourth-order valence-electron chi connectivity index (χ4n) is 1.72. The standard InChI is InChI=1S/C13H12ClFN2O4S2/c1-16-22(18,19)11-5-3-10(4-6-11)17-23(20,21)13-7-2-9(15)8-12(13)14/h2-8,16-17H,1H3. The minimum atomic E-state index is -4.03. The Morgan fingerprint density at radius 1 is 0.957 bits per heavy atom. The zero-order valence-electron chi connectivity index (χ0n) is 11.7. The molecule has 0 bridgehead atoms. The molecule has 124 valence electrons. The predicted molar refractivity (Wildman–Crippen MR) is 84.9 cm³/mol.